The Kier molecular flexibility index (Phi) is 6.99. The van der Waals surface area contributed by atoms with E-state index in [4.69, 9.17) is 11.6 Å². The molecule has 0 aliphatic carbocycles. The molecular weight excluding hydrogens is 440 g/mol. The molecule has 2 aromatic carbocycles. The van der Waals surface area contributed by atoms with Gasteiger partial charge >= 0.3 is 0 Å². The van der Waals surface area contributed by atoms with Crippen LogP contribution in [-0.2, 0) is 4.79 Å². The van der Waals surface area contributed by atoms with Crippen LogP contribution in [0.25, 0.3) is 5.69 Å². The van der Waals surface area contributed by atoms with Gasteiger partial charge in [0.2, 0.25) is 5.78 Å². The molecule has 0 bridgehead atoms. The molecule has 2 heterocycles. The first-order valence-corrected chi connectivity index (χ1v) is 11.4. The van der Waals surface area contributed by atoms with Crippen LogP contribution in [0.2, 0.25) is 5.02 Å². The number of benzene rings is 2. The Morgan fingerprint density at radius 3 is 2.55 bits per heavy atom. The third-order valence-electron chi connectivity index (χ3n) is 6.19. The summed E-state index contributed by atoms with van der Waals surface area (Å²) in [7, 11) is 0. The molecule has 1 aromatic heterocycles. The lowest BCUT2D eigenvalue weighted by Crippen LogP contribution is -2.47. The molecule has 1 saturated heterocycles. The normalized spacial score (nSPS) is 18.2. The summed E-state index contributed by atoms with van der Waals surface area (Å²) in [6.45, 7) is 2.46. The van der Waals surface area contributed by atoms with Crippen molar-refractivity contribution < 1.29 is 14.4 Å². The number of likely N-dealkylation sites (tertiary alicyclic amines) is 1. The third kappa shape index (κ3) is 5.20. The zero-order chi connectivity index (χ0) is 23.4. The third-order valence-corrected chi connectivity index (χ3v) is 6.50. The van der Waals surface area contributed by atoms with Gasteiger partial charge < -0.3 is 4.90 Å². The molecule has 1 fully saturated rings. The fourth-order valence-electron chi connectivity index (χ4n) is 4.36. The predicted octanol–water partition coefficient (Wildman–Crippen LogP) is 4.39. The van der Waals surface area contributed by atoms with E-state index in [1.54, 1.807) is 23.2 Å². The summed E-state index contributed by atoms with van der Waals surface area (Å²) in [5.41, 5.74) is 1.56. The topological polar surface area (TPSA) is 85.2 Å². The predicted molar refractivity (Wildman–Crippen MR) is 125 cm³/mol. The van der Waals surface area contributed by atoms with Gasteiger partial charge in [0, 0.05) is 30.1 Å². The van der Waals surface area contributed by atoms with Gasteiger partial charge in [0.05, 0.1) is 23.1 Å². The van der Waals surface area contributed by atoms with Crippen molar-refractivity contribution in [2.24, 2.45) is 5.92 Å². The Labute approximate surface area is 197 Å². The van der Waals surface area contributed by atoms with E-state index in [-0.39, 0.29) is 17.4 Å². The Bertz CT molecular complexity index is 1150. The quantitative estimate of drug-likeness (QED) is 0.382. The van der Waals surface area contributed by atoms with Gasteiger partial charge in [-0.1, -0.05) is 47.1 Å². The number of halogens is 1. The summed E-state index contributed by atoms with van der Waals surface area (Å²) in [5.74, 6) is -0.608. The molecule has 33 heavy (non-hydrogen) atoms. The molecule has 0 N–H and O–H groups in total. The first kappa shape index (κ1) is 22.9. The molecule has 0 radical (unpaired) electrons. The molecule has 0 unspecified atom stereocenters. The van der Waals surface area contributed by atoms with E-state index in [9.17, 15) is 14.4 Å². The van der Waals surface area contributed by atoms with Crippen LogP contribution in [0.3, 0.4) is 0 Å². The molecule has 2 atom stereocenters. The van der Waals surface area contributed by atoms with E-state index in [0.29, 0.717) is 29.6 Å². The Hall–Kier alpha value is -3.32. The highest BCUT2D eigenvalue weighted by Crippen LogP contribution is 2.28. The fraction of sp³-hybridized carbons (Fsp3) is 0.320. The number of hydrogen-bond acceptors (Lipinski definition) is 5. The lowest BCUT2D eigenvalue weighted by molar-refractivity contribution is -0.130. The zero-order valence-corrected chi connectivity index (χ0v) is 19.1. The highest BCUT2D eigenvalue weighted by Gasteiger charge is 2.32. The van der Waals surface area contributed by atoms with Crippen LogP contribution in [0, 0.1) is 5.92 Å². The molecule has 1 amide bonds. The van der Waals surface area contributed by atoms with Gasteiger partial charge in [-0.05, 0) is 50.3 Å². The Balaban J connectivity index is 1.34. The molecule has 1 aliphatic rings. The number of carbonyl (C=O) groups excluding carboxylic acids is 3. The first-order valence-electron chi connectivity index (χ1n) is 11.0. The van der Waals surface area contributed by atoms with E-state index in [0.717, 1.165) is 24.8 Å². The molecule has 7 nitrogen and oxygen atoms in total. The van der Waals surface area contributed by atoms with E-state index >= 15 is 0 Å². The smallest absolute Gasteiger partial charge is 0.295 e. The van der Waals surface area contributed by atoms with E-state index in [1.807, 2.05) is 37.3 Å². The average Bonchev–Trinajstić information content (AvgIpc) is 3.37. The Morgan fingerprint density at radius 2 is 1.88 bits per heavy atom. The highest BCUT2D eigenvalue weighted by atomic mass is 35.5. The Morgan fingerprint density at radius 1 is 1.09 bits per heavy atom. The highest BCUT2D eigenvalue weighted by molar-refractivity contribution is 6.43. The number of rotatable bonds is 7. The summed E-state index contributed by atoms with van der Waals surface area (Å²) in [5, 5.41) is 7.95. The number of amides is 1. The second-order valence-corrected chi connectivity index (χ2v) is 8.82. The summed E-state index contributed by atoms with van der Waals surface area (Å²) in [6.07, 6.45) is 6.00. The monoisotopic (exact) mass is 464 g/mol. The van der Waals surface area contributed by atoms with Crippen molar-refractivity contribution in [2.45, 2.75) is 38.6 Å². The minimum atomic E-state index is -0.577. The number of aromatic nitrogens is 3. The van der Waals surface area contributed by atoms with Gasteiger partial charge in [0.15, 0.2) is 5.78 Å². The van der Waals surface area contributed by atoms with Crippen molar-refractivity contribution in [1.82, 2.24) is 19.9 Å². The van der Waals surface area contributed by atoms with Gasteiger partial charge in [-0.2, -0.15) is 0 Å². The molecule has 1 aliphatic heterocycles. The van der Waals surface area contributed by atoms with Crippen molar-refractivity contribution in [1.29, 1.82) is 0 Å². The van der Waals surface area contributed by atoms with Crippen LogP contribution >= 0.6 is 11.6 Å². The summed E-state index contributed by atoms with van der Waals surface area (Å²) >= 11 is 6.31. The number of hydrogen-bond donors (Lipinski definition) is 0. The summed E-state index contributed by atoms with van der Waals surface area (Å²) in [4.78, 5) is 39.8. The first-order chi connectivity index (χ1) is 15.9. The van der Waals surface area contributed by atoms with Crippen molar-refractivity contribution in [3.8, 4) is 5.69 Å². The fourth-order valence-corrected chi connectivity index (χ4v) is 4.63. The second-order valence-electron chi connectivity index (χ2n) is 8.41. The molecule has 0 spiro atoms. The average molecular weight is 465 g/mol. The maximum atomic E-state index is 12.9. The lowest BCUT2D eigenvalue weighted by Gasteiger charge is -2.37. The maximum Gasteiger partial charge on any atom is 0.295 e. The number of ketones is 2. The van der Waals surface area contributed by atoms with Crippen LogP contribution in [-0.4, -0.2) is 50.0 Å². The number of Topliss-reactive ketones (excluding diaryl/α,β-unsaturated/α-hetero) is 2. The number of nitrogens with zero attached hydrogens (tertiary/aromatic N) is 4. The maximum absolute atomic E-state index is 12.9. The van der Waals surface area contributed by atoms with Crippen molar-refractivity contribution in [2.75, 3.05) is 6.54 Å². The molecule has 170 valence electrons. The molecule has 4 rings (SSSR count). The second kappa shape index (κ2) is 10.1. The van der Waals surface area contributed by atoms with Gasteiger partial charge in [0.1, 0.15) is 0 Å². The minimum Gasteiger partial charge on any atom is -0.333 e. The number of carbonyl (C=O) groups is 3. The van der Waals surface area contributed by atoms with Crippen LogP contribution in [0.5, 0.6) is 0 Å². The van der Waals surface area contributed by atoms with E-state index in [1.165, 1.54) is 16.9 Å². The van der Waals surface area contributed by atoms with Crippen LogP contribution in [0.1, 0.15) is 53.3 Å². The van der Waals surface area contributed by atoms with Crippen LogP contribution in [0.4, 0.5) is 0 Å². The molecule has 8 heteroatoms. The molecule has 0 saturated carbocycles. The van der Waals surface area contributed by atoms with Crippen molar-refractivity contribution in [3.63, 3.8) is 0 Å². The standard InChI is InChI=1S/C25H25ClN4O3/c1-17-15-18(7-10-23(31)19-5-3-2-4-6-19)11-13-29(17)25(33)24(32)20-8-9-22(21(26)16-20)30-14-12-27-28-30/h2-6,8-9,12,14,16-18H,7,10-11,13,15H2,1H3/t17-,18-/m1/s1. The largest absolute Gasteiger partial charge is 0.333 e. The lowest BCUT2D eigenvalue weighted by atomic mass is 9.86. The van der Waals surface area contributed by atoms with Crippen LogP contribution in [0.15, 0.2) is 60.9 Å². The van der Waals surface area contributed by atoms with E-state index in [2.05, 4.69) is 10.3 Å². The van der Waals surface area contributed by atoms with Crippen LogP contribution < -0.4 is 0 Å². The van der Waals surface area contributed by atoms with Gasteiger partial charge in [-0.15, -0.1) is 5.10 Å². The van der Waals surface area contributed by atoms with Gasteiger partial charge in [0.25, 0.3) is 5.91 Å². The molecule has 3 aromatic rings. The van der Waals surface area contributed by atoms with Gasteiger partial charge in [-0.25, -0.2) is 4.68 Å². The van der Waals surface area contributed by atoms with Crippen molar-refractivity contribution in [3.05, 3.63) is 77.1 Å². The van der Waals surface area contributed by atoms with Gasteiger partial charge in [-0.3, -0.25) is 14.4 Å². The zero-order valence-electron chi connectivity index (χ0n) is 18.4. The van der Waals surface area contributed by atoms with Crippen molar-refractivity contribution >= 4 is 29.1 Å². The summed E-state index contributed by atoms with van der Waals surface area (Å²) < 4.78 is 1.49. The number of piperidine rings is 1. The SMILES string of the molecule is C[C@@H]1C[C@H](CCC(=O)c2ccccc2)CCN1C(=O)C(=O)c1ccc(-n2ccnn2)c(Cl)c1. The molecular formula is C25H25ClN4O3. The summed E-state index contributed by atoms with van der Waals surface area (Å²) in [6, 6.07) is 13.9. The van der Waals surface area contributed by atoms with E-state index < -0.39 is 11.7 Å². The minimum absolute atomic E-state index is 0.0723.